The number of nitrogens with one attached hydrogen (secondary N) is 2. The summed E-state index contributed by atoms with van der Waals surface area (Å²) in [4.78, 5) is 17.4. The van der Waals surface area contributed by atoms with Gasteiger partial charge in [-0.3, -0.25) is 4.79 Å². The van der Waals surface area contributed by atoms with Crippen LogP contribution in [0.15, 0.2) is 11.1 Å². The lowest BCUT2D eigenvalue weighted by Crippen LogP contribution is -2.23. The van der Waals surface area contributed by atoms with E-state index in [4.69, 9.17) is 16.3 Å². The lowest BCUT2D eigenvalue weighted by atomic mass is 10.3. The van der Waals surface area contributed by atoms with Gasteiger partial charge >= 0.3 is 0 Å². The molecule has 0 saturated heterocycles. The quantitative estimate of drug-likeness (QED) is 0.786. The molecule has 1 aromatic heterocycles. The third-order valence-corrected chi connectivity index (χ3v) is 1.95. The molecule has 0 spiro atoms. The van der Waals surface area contributed by atoms with Gasteiger partial charge in [-0.1, -0.05) is 11.6 Å². The van der Waals surface area contributed by atoms with Gasteiger partial charge < -0.3 is 15.0 Å². The third kappa shape index (κ3) is 2.71. The van der Waals surface area contributed by atoms with Crippen LogP contribution in [0.5, 0.6) is 0 Å². The predicted octanol–water partition coefficient (Wildman–Crippen LogP) is 0.870. The van der Waals surface area contributed by atoms with E-state index in [1.54, 1.807) is 7.11 Å². The number of aromatic amines is 1. The number of rotatable bonds is 4. The Hall–Kier alpha value is -1.07. The maximum atomic E-state index is 11.1. The third-order valence-electron chi connectivity index (χ3n) is 1.60. The average Bonchev–Trinajstić information content (AvgIpc) is 2.13. The average molecular weight is 218 g/mol. The van der Waals surface area contributed by atoms with Gasteiger partial charge in [0.1, 0.15) is 5.02 Å². The molecule has 0 aliphatic heterocycles. The normalized spacial score (nSPS) is 12.5. The van der Waals surface area contributed by atoms with E-state index in [1.165, 1.54) is 6.33 Å². The highest BCUT2D eigenvalue weighted by Crippen LogP contribution is 2.12. The number of ether oxygens (including phenoxy) is 1. The summed E-state index contributed by atoms with van der Waals surface area (Å²) in [7, 11) is 1.60. The van der Waals surface area contributed by atoms with Crippen LogP contribution in [0.2, 0.25) is 5.02 Å². The van der Waals surface area contributed by atoms with Crippen LogP contribution in [0.3, 0.4) is 0 Å². The van der Waals surface area contributed by atoms with Gasteiger partial charge in [-0.05, 0) is 6.92 Å². The van der Waals surface area contributed by atoms with E-state index in [2.05, 4.69) is 15.3 Å². The standard InChI is InChI=1S/C8H12ClN3O2/c1-5(3-14-2)12-7-6(9)8(13)11-4-10-7/h4-5H,3H2,1-2H3,(H2,10,11,12,13). The number of methoxy groups -OCH3 is 1. The van der Waals surface area contributed by atoms with Crippen LogP contribution in [0.4, 0.5) is 5.82 Å². The summed E-state index contributed by atoms with van der Waals surface area (Å²) in [6.45, 7) is 2.42. The second kappa shape index (κ2) is 4.97. The van der Waals surface area contributed by atoms with Crippen molar-refractivity contribution in [2.24, 2.45) is 0 Å². The molecule has 1 aromatic rings. The summed E-state index contributed by atoms with van der Waals surface area (Å²) in [6.07, 6.45) is 1.30. The lowest BCUT2D eigenvalue weighted by molar-refractivity contribution is 0.190. The summed E-state index contributed by atoms with van der Waals surface area (Å²) < 4.78 is 4.93. The lowest BCUT2D eigenvalue weighted by Gasteiger charge is -2.13. The fourth-order valence-electron chi connectivity index (χ4n) is 1.01. The van der Waals surface area contributed by atoms with E-state index < -0.39 is 0 Å². The summed E-state index contributed by atoms with van der Waals surface area (Å²) in [5, 5.41) is 3.03. The number of hydrogen-bond acceptors (Lipinski definition) is 4. The first-order chi connectivity index (χ1) is 6.65. The van der Waals surface area contributed by atoms with Gasteiger partial charge in [0.25, 0.3) is 5.56 Å². The highest BCUT2D eigenvalue weighted by molar-refractivity contribution is 6.32. The molecule has 0 amide bonds. The van der Waals surface area contributed by atoms with Gasteiger partial charge in [0, 0.05) is 13.2 Å². The number of aromatic nitrogens is 2. The summed E-state index contributed by atoms with van der Waals surface area (Å²) in [5.41, 5.74) is -0.353. The molecule has 1 unspecified atom stereocenters. The molecule has 1 atom stereocenters. The van der Waals surface area contributed by atoms with Crippen molar-refractivity contribution in [2.75, 3.05) is 19.0 Å². The van der Waals surface area contributed by atoms with Crippen molar-refractivity contribution in [1.29, 1.82) is 0 Å². The molecule has 6 heteroatoms. The number of hydrogen-bond donors (Lipinski definition) is 2. The Morgan fingerprint density at radius 3 is 3.14 bits per heavy atom. The van der Waals surface area contributed by atoms with Gasteiger partial charge in [-0.25, -0.2) is 4.98 Å². The van der Waals surface area contributed by atoms with Crippen LogP contribution in [0.25, 0.3) is 0 Å². The van der Waals surface area contributed by atoms with Crippen molar-refractivity contribution in [2.45, 2.75) is 13.0 Å². The van der Waals surface area contributed by atoms with Crippen LogP contribution in [0.1, 0.15) is 6.92 Å². The van der Waals surface area contributed by atoms with Gasteiger partial charge in [-0.15, -0.1) is 0 Å². The monoisotopic (exact) mass is 217 g/mol. The maximum Gasteiger partial charge on any atom is 0.271 e. The van der Waals surface area contributed by atoms with Crippen molar-refractivity contribution >= 4 is 17.4 Å². The fraction of sp³-hybridized carbons (Fsp3) is 0.500. The number of halogens is 1. The van der Waals surface area contributed by atoms with Crippen LogP contribution in [-0.4, -0.2) is 29.7 Å². The van der Waals surface area contributed by atoms with Crippen LogP contribution < -0.4 is 10.9 Å². The minimum absolute atomic E-state index is 0.0480. The zero-order valence-electron chi connectivity index (χ0n) is 8.00. The van der Waals surface area contributed by atoms with Gasteiger partial charge in [0.2, 0.25) is 0 Å². The molecule has 1 rings (SSSR count). The first-order valence-corrected chi connectivity index (χ1v) is 4.51. The van der Waals surface area contributed by atoms with Crippen molar-refractivity contribution < 1.29 is 4.74 Å². The number of nitrogens with zero attached hydrogens (tertiary/aromatic N) is 1. The molecule has 0 radical (unpaired) electrons. The molecule has 5 nitrogen and oxygen atoms in total. The number of H-pyrrole nitrogens is 1. The van der Waals surface area contributed by atoms with E-state index in [1.807, 2.05) is 6.92 Å². The van der Waals surface area contributed by atoms with E-state index in [0.29, 0.717) is 12.4 Å². The van der Waals surface area contributed by atoms with E-state index >= 15 is 0 Å². The van der Waals surface area contributed by atoms with Crippen molar-refractivity contribution in [1.82, 2.24) is 9.97 Å². The summed E-state index contributed by atoms with van der Waals surface area (Å²) >= 11 is 5.73. The summed E-state index contributed by atoms with van der Waals surface area (Å²) in [6, 6.07) is 0.0480. The molecular formula is C8H12ClN3O2. The molecule has 0 saturated carbocycles. The van der Waals surface area contributed by atoms with E-state index in [-0.39, 0.29) is 16.6 Å². The first kappa shape index (κ1) is 11.0. The van der Waals surface area contributed by atoms with E-state index in [0.717, 1.165) is 0 Å². The molecule has 2 N–H and O–H groups in total. The molecule has 0 fully saturated rings. The van der Waals surface area contributed by atoms with Crippen molar-refractivity contribution in [3.8, 4) is 0 Å². The first-order valence-electron chi connectivity index (χ1n) is 4.13. The zero-order valence-corrected chi connectivity index (χ0v) is 8.76. The Morgan fingerprint density at radius 1 is 1.79 bits per heavy atom. The largest absolute Gasteiger partial charge is 0.383 e. The Bertz CT molecular complexity index is 353. The molecular weight excluding hydrogens is 206 g/mol. The fourth-order valence-corrected chi connectivity index (χ4v) is 1.17. The SMILES string of the molecule is COCC(C)Nc1nc[nH]c(=O)c1Cl. The van der Waals surface area contributed by atoms with Crippen LogP contribution in [0, 0.1) is 0 Å². The predicted molar refractivity (Wildman–Crippen MR) is 54.8 cm³/mol. The molecule has 0 bridgehead atoms. The Balaban J connectivity index is 2.76. The molecule has 0 aliphatic rings. The van der Waals surface area contributed by atoms with Crippen LogP contribution >= 0.6 is 11.6 Å². The Morgan fingerprint density at radius 2 is 2.50 bits per heavy atom. The molecule has 0 aromatic carbocycles. The smallest absolute Gasteiger partial charge is 0.271 e. The maximum absolute atomic E-state index is 11.1. The topological polar surface area (TPSA) is 67.0 Å². The van der Waals surface area contributed by atoms with Crippen molar-refractivity contribution in [3.05, 3.63) is 21.7 Å². The summed E-state index contributed by atoms with van der Waals surface area (Å²) in [5.74, 6) is 0.375. The molecule has 78 valence electrons. The molecule has 1 heterocycles. The Kier molecular flexibility index (Phi) is 3.91. The molecule has 14 heavy (non-hydrogen) atoms. The van der Waals surface area contributed by atoms with Gasteiger partial charge in [-0.2, -0.15) is 0 Å². The minimum atomic E-state index is -0.353. The van der Waals surface area contributed by atoms with Crippen molar-refractivity contribution in [3.63, 3.8) is 0 Å². The van der Waals surface area contributed by atoms with Gasteiger partial charge in [0.15, 0.2) is 5.82 Å². The number of anilines is 1. The minimum Gasteiger partial charge on any atom is -0.383 e. The second-order valence-electron chi connectivity index (χ2n) is 2.89. The second-order valence-corrected chi connectivity index (χ2v) is 3.27. The van der Waals surface area contributed by atoms with E-state index in [9.17, 15) is 4.79 Å². The Labute approximate surface area is 86.5 Å². The highest BCUT2D eigenvalue weighted by Gasteiger charge is 2.08. The highest BCUT2D eigenvalue weighted by atomic mass is 35.5. The van der Waals surface area contributed by atoms with Crippen LogP contribution in [-0.2, 0) is 4.74 Å². The zero-order chi connectivity index (χ0) is 10.6. The molecule has 0 aliphatic carbocycles. The van der Waals surface area contributed by atoms with Gasteiger partial charge in [0.05, 0.1) is 12.9 Å².